The van der Waals surface area contributed by atoms with Crippen LogP contribution in [0, 0.1) is 6.92 Å². The average Bonchev–Trinajstić information content (AvgIpc) is 2.70. The first-order valence-corrected chi connectivity index (χ1v) is 5.02. The van der Waals surface area contributed by atoms with Crippen molar-refractivity contribution in [1.29, 1.82) is 0 Å². The smallest absolute Gasteiger partial charge is 0.137 e. The van der Waals surface area contributed by atoms with Gasteiger partial charge in [-0.15, -0.1) is 0 Å². The number of nitrogen functional groups attached to an aromatic ring is 1. The molecule has 3 heteroatoms. The fourth-order valence-electron chi connectivity index (χ4n) is 2.30. The van der Waals surface area contributed by atoms with Crippen molar-refractivity contribution in [3.63, 3.8) is 0 Å². The molecule has 2 heterocycles. The van der Waals surface area contributed by atoms with Gasteiger partial charge < -0.3 is 5.73 Å². The van der Waals surface area contributed by atoms with Crippen molar-refractivity contribution in [3.05, 3.63) is 29.2 Å². The van der Waals surface area contributed by atoms with E-state index in [2.05, 4.69) is 16.3 Å². The number of hydrogen-bond acceptors (Lipinski definition) is 2. The Hall–Kier alpha value is -1.51. The van der Waals surface area contributed by atoms with Crippen LogP contribution in [0.1, 0.15) is 23.5 Å². The molecular weight excluding hydrogens is 174 g/mol. The van der Waals surface area contributed by atoms with E-state index in [9.17, 15) is 0 Å². The van der Waals surface area contributed by atoms with Gasteiger partial charge in [0.15, 0.2) is 0 Å². The van der Waals surface area contributed by atoms with E-state index in [0.717, 1.165) is 29.9 Å². The van der Waals surface area contributed by atoms with Gasteiger partial charge in [-0.05, 0) is 38.3 Å². The molecule has 0 spiro atoms. The van der Waals surface area contributed by atoms with Crippen LogP contribution in [0.15, 0.2) is 12.1 Å². The number of imidazole rings is 1. The van der Waals surface area contributed by atoms with Crippen molar-refractivity contribution >= 4 is 11.3 Å². The molecule has 72 valence electrons. The van der Waals surface area contributed by atoms with E-state index in [0.29, 0.717) is 0 Å². The maximum absolute atomic E-state index is 5.89. The molecule has 14 heavy (non-hydrogen) atoms. The molecule has 0 saturated heterocycles. The van der Waals surface area contributed by atoms with Crippen LogP contribution in [0.5, 0.6) is 0 Å². The zero-order valence-electron chi connectivity index (χ0n) is 8.25. The molecule has 2 aromatic rings. The first-order valence-electron chi connectivity index (χ1n) is 5.02. The number of pyridine rings is 1. The third-order valence-corrected chi connectivity index (χ3v) is 3.07. The first-order chi connectivity index (χ1) is 6.77. The largest absolute Gasteiger partial charge is 0.397 e. The summed E-state index contributed by atoms with van der Waals surface area (Å²) in [5.74, 6) is 0. The molecule has 0 radical (unpaired) electrons. The molecule has 0 unspecified atom stereocenters. The number of aromatic nitrogens is 2. The van der Waals surface area contributed by atoms with Gasteiger partial charge in [0, 0.05) is 11.4 Å². The monoisotopic (exact) mass is 187 g/mol. The molecule has 1 aliphatic carbocycles. The molecule has 0 atom stereocenters. The summed E-state index contributed by atoms with van der Waals surface area (Å²) in [4.78, 5) is 4.60. The Labute approximate surface area is 82.6 Å². The summed E-state index contributed by atoms with van der Waals surface area (Å²) in [6.45, 7) is 2.06. The predicted molar refractivity (Wildman–Crippen MR) is 56.4 cm³/mol. The second-order valence-electron chi connectivity index (χ2n) is 3.93. The van der Waals surface area contributed by atoms with E-state index in [1.165, 1.54) is 17.8 Å². The van der Waals surface area contributed by atoms with E-state index >= 15 is 0 Å². The maximum Gasteiger partial charge on any atom is 0.137 e. The minimum absolute atomic E-state index is 0.851. The highest BCUT2D eigenvalue weighted by Gasteiger charge is 2.18. The number of fused-ring (bicyclic) bond motifs is 3. The van der Waals surface area contributed by atoms with Gasteiger partial charge in [0.25, 0.3) is 0 Å². The van der Waals surface area contributed by atoms with Gasteiger partial charge in [0.2, 0.25) is 0 Å². The molecular formula is C11H13N3. The van der Waals surface area contributed by atoms with Crippen LogP contribution in [-0.4, -0.2) is 9.38 Å². The van der Waals surface area contributed by atoms with E-state index < -0.39 is 0 Å². The number of anilines is 1. The summed E-state index contributed by atoms with van der Waals surface area (Å²) in [5, 5.41) is 0. The van der Waals surface area contributed by atoms with Gasteiger partial charge in [0.05, 0.1) is 11.4 Å². The standard InChI is InChI=1S/C11H13N3/c1-7-8(12)5-6-11-13-9-3-2-4-10(9)14(7)11/h5-6H,2-4,12H2,1H3. The molecule has 1 aliphatic rings. The maximum atomic E-state index is 5.89. The Morgan fingerprint density at radius 1 is 1.36 bits per heavy atom. The molecule has 0 saturated carbocycles. The van der Waals surface area contributed by atoms with Crippen molar-refractivity contribution < 1.29 is 0 Å². The van der Waals surface area contributed by atoms with E-state index in [4.69, 9.17) is 5.73 Å². The number of aryl methyl sites for hydroxylation is 3. The molecule has 3 nitrogen and oxygen atoms in total. The highest BCUT2D eigenvalue weighted by molar-refractivity contribution is 5.55. The lowest BCUT2D eigenvalue weighted by Crippen LogP contribution is -2.00. The van der Waals surface area contributed by atoms with E-state index in [1.54, 1.807) is 0 Å². The first kappa shape index (κ1) is 7.85. The topological polar surface area (TPSA) is 43.3 Å². The van der Waals surface area contributed by atoms with Gasteiger partial charge >= 0.3 is 0 Å². The van der Waals surface area contributed by atoms with Gasteiger partial charge in [-0.1, -0.05) is 0 Å². The van der Waals surface area contributed by atoms with E-state index in [-0.39, 0.29) is 0 Å². The zero-order chi connectivity index (χ0) is 9.71. The van der Waals surface area contributed by atoms with Crippen LogP contribution in [0.4, 0.5) is 5.69 Å². The molecule has 2 aromatic heterocycles. The Morgan fingerprint density at radius 3 is 3.07 bits per heavy atom. The summed E-state index contributed by atoms with van der Waals surface area (Å²) in [7, 11) is 0. The van der Waals surface area contributed by atoms with Crippen molar-refractivity contribution in [2.24, 2.45) is 0 Å². The highest BCUT2D eigenvalue weighted by Crippen LogP contribution is 2.25. The fourth-order valence-corrected chi connectivity index (χ4v) is 2.30. The minimum Gasteiger partial charge on any atom is -0.397 e. The van der Waals surface area contributed by atoms with Gasteiger partial charge in [-0.25, -0.2) is 4.98 Å². The average molecular weight is 187 g/mol. The molecule has 2 N–H and O–H groups in total. The number of nitrogens with two attached hydrogens (primary N) is 1. The normalized spacial score (nSPS) is 14.9. The lowest BCUT2D eigenvalue weighted by atomic mass is 10.3. The summed E-state index contributed by atoms with van der Waals surface area (Å²) in [6, 6.07) is 3.94. The number of hydrogen-bond donors (Lipinski definition) is 1. The van der Waals surface area contributed by atoms with Crippen LogP contribution in [0.2, 0.25) is 0 Å². The quantitative estimate of drug-likeness (QED) is 0.682. The van der Waals surface area contributed by atoms with Crippen LogP contribution in [0.25, 0.3) is 5.65 Å². The Morgan fingerprint density at radius 2 is 2.21 bits per heavy atom. The van der Waals surface area contributed by atoms with Crippen molar-refractivity contribution in [2.45, 2.75) is 26.2 Å². The summed E-state index contributed by atoms with van der Waals surface area (Å²) in [6.07, 6.45) is 3.49. The lowest BCUT2D eigenvalue weighted by Gasteiger charge is -2.05. The predicted octanol–water partition coefficient (Wildman–Crippen LogP) is 1.71. The molecule has 0 fully saturated rings. The Balaban J connectivity index is 2.46. The summed E-state index contributed by atoms with van der Waals surface area (Å²) < 4.78 is 2.21. The van der Waals surface area contributed by atoms with E-state index in [1.807, 2.05) is 12.1 Å². The lowest BCUT2D eigenvalue weighted by molar-refractivity contribution is 0.863. The summed E-state index contributed by atoms with van der Waals surface area (Å²) in [5.41, 5.74) is 11.5. The molecule has 3 rings (SSSR count). The SMILES string of the molecule is Cc1c(N)ccc2nc3c(n12)CCC3. The molecule has 0 bridgehead atoms. The third kappa shape index (κ3) is 0.842. The Bertz CT molecular complexity index is 511. The van der Waals surface area contributed by atoms with Gasteiger partial charge in [0.1, 0.15) is 5.65 Å². The minimum atomic E-state index is 0.851. The van der Waals surface area contributed by atoms with Crippen molar-refractivity contribution in [2.75, 3.05) is 5.73 Å². The molecule has 0 aromatic carbocycles. The Kier molecular flexibility index (Phi) is 1.40. The highest BCUT2D eigenvalue weighted by atomic mass is 15.0. The molecule has 0 aliphatic heterocycles. The second-order valence-corrected chi connectivity index (χ2v) is 3.93. The number of nitrogens with zero attached hydrogens (tertiary/aromatic N) is 2. The van der Waals surface area contributed by atoms with Gasteiger partial charge in [-0.2, -0.15) is 0 Å². The summed E-state index contributed by atoms with van der Waals surface area (Å²) >= 11 is 0. The third-order valence-electron chi connectivity index (χ3n) is 3.07. The van der Waals surface area contributed by atoms with Crippen LogP contribution in [-0.2, 0) is 12.8 Å². The second kappa shape index (κ2) is 2.50. The van der Waals surface area contributed by atoms with Crippen molar-refractivity contribution in [3.8, 4) is 0 Å². The van der Waals surface area contributed by atoms with Crippen LogP contribution < -0.4 is 5.73 Å². The van der Waals surface area contributed by atoms with Crippen LogP contribution >= 0.6 is 0 Å². The van der Waals surface area contributed by atoms with Crippen molar-refractivity contribution in [1.82, 2.24) is 9.38 Å². The number of rotatable bonds is 0. The zero-order valence-corrected chi connectivity index (χ0v) is 8.25. The fraction of sp³-hybridized carbons (Fsp3) is 0.364. The van der Waals surface area contributed by atoms with Crippen LogP contribution in [0.3, 0.4) is 0 Å². The van der Waals surface area contributed by atoms with Gasteiger partial charge in [-0.3, -0.25) is 4.40 Å². The molecule has 0 amide bonds.